The van der Waals surface area contributed by atoms with Gasteiger partial charge in [-0.3, -0.25) is 4.68 Å². The summed E-state index contributed by atoms with van der Waals surface area (Å²) >= 11 is 0. The van der Waals surface area contributed by atoms with Crippen molar-refractivity contribution < 1.29 is 13.2 Å². The first-order valence-electron chi connectivity index (χ1n) is 12.2. The number of benzene rings is 2. The number of hydrogen-bond donors (Lipinski definition) is 1. The number of rotatable bonds is 11. The van der Waals surface area contributed by atoms with Crippen molar-refractivity contribution in [3.63, 3.8) is 0 Å². The lowest BCUT2D eigenvalue weighted by Crippen LogP contribution is -2.29. The van der Waals surface area contributed by atoms with Crippen LogP contribution in [-0.4, -0.2) is 76.8 Å². The van der Waals surface area contributed by atoms with Crippen LogP contribution in [0.15, 0.2) is 73.3 Å². The van der Waals surface area contributed by atoms with E-state index in [0.29, 0.717) is 43.5 Å². The Morgan fingerprint density at radius 2 is 1.84 bits per heavy atom. The smallest absolute Gasteiger partial charge is 0.214 e. The van der Waals surface area contributed by atoms with Gasteiger partial charge in [-0.2, -0.15) is 5.10 Å². The third-order valence-electron chi connectivity index (χ3n) is 6.14. The van der Waals surface area contributed by atoms with Crippen molar-refractivity contribution in [2.45, 2.75) is 6.54 Å². The Morgan fingerprint density at radius 1 is 1.00 bits per heavy atom. The number of aromatic nitrogens is 5. The second-order valence-electron chi connectivity index (χ2n) is 9.23. The SMILES string of the molecule is CN(CCOc1cc2c(Nc3ccc4c(cnn4Cc4ccccc4)c3)ncnc2cn1)CCS(C)(=O)=O. The van der Waals surface area contributed by atoms with Crippen LogP contribution in [0.3, 0.4) is 0 Å². The van der Waals surface area contributed by atoms with E-state index in [1.807, 2.05) is 65.3 Å². The van der Waals surface area contributed by atoms with Crippen LogP contribution < -0.4 is 10.1 Å². The molecule has 10 nitrogen and oxygen atoms in total. The van der Waals surface area contributed by atoms with E-state index in [-0.39, 0.29) is 5.75 Å². The molecule has 0 atom stereocenters. The summed E-state index contributed by atoms with van der Waals surface area (Å²) in [5, 5.41) is 9.77. The van der Waals surface area contributed by atoms with Gasteiger partial charge in [0.2, 0.25) is 5.88 Å². The molecule has 0 saturated heterocycles. The van der Waals surface area contributed by atoms with E-state index in [9.17, 15) is 8.42 Å². The lowest BCUT2D eigenvalue weighted by Gasteiger charge is -2.16. The molecule has 38 heavy (non-hydrogen) atoms. The van der Waals surface area contributed by atoms with Gasteiger partial charge in [0.05, 0.1) is 35.7 Å². The van der Waals surface area contributed by atoms with Crippen molar-refractivity contribution in [3.8, 4) is 5.88 Å². The standard InChI is InChI=1S/C27H29N7O3S/c1-33(11-13-38(2,35)36)10-12-37-26-15-23-24(17-28-26)29-19-30-27(23)32-22-8-9-25-21(14-22)16-31-34(25)18-20-6-4-3-5-7-20/h3-9,14-17,19H,10-13,18H2,1-2H3,(H,29,30,32). The Kier molecular flexibility index (Phi) is 7.47. The second-order valence-corrected chi connectivity index (χ2v) is 11.5. The maximum atomic E-state index is 11.4. The van der Waals surface area contributed by atoms with Crippen molar-refractivity contribution in [1.82, 2.24) is 29.6 Å². The number of hydrogen-bond acceptors (Lipinski definition) is 9. The van der Waals surface area contributed by atoms with E-state index in [0.717, 1.165) is 22.0 Å². The summed E-state index contributed by atoms with van der Waals surface area (Å²) in [5.74, 6) is 1.21. The van der Waals surface area contributed by atoms with E-state index in [4.69, 9.17) is 4.74 Å². The molecule has 0 unspecified atom stereocenters. The van der Waals surface area contributed by atoms with E-state index in [1.165, 1.54) is 18.1 Å². The number of pyridine rings is 1. The van der Waals surface area contributed by atoms with E-state index < -0.39 is 9.84 Å². The lowest BCUT2D eigenvalue weighted by atomic mass is 10.2. The molecule has 0 radical (unpaired) electrons. The van der Waals surface area contributed by atoms with E-state index >= 15 is 0 Å². The van der Waals surface area contributed by atoms with Crippen molar-refractivity contribution in [1.29, 1.82) is 0 Å². The van der Waals surface area contributed by atoms with Crippen LogP contribution in [0.1, 0.15) is 5.56 Å². The minimum absolute atomic E-state index is 0.115. The fraction of sp³-hybridized carbons (Fsp3) is 0.259. The molecular formula is C27H29N7O3S. The van der Waals surface area contributed by atoms with Crippen LogP contribution >= 0.6 is 0 Å². The number of sulfone groups is 1. The highest BCUT2D eigenvalue weighted by Gasteiger charge is 2.10. The van der Waals surface area contributed by atoms with Crippen molar-refractivity contribution in [2.24, 2.45) is 0 Å². The first-order chi connectivity index (χ1) is 18.3. The number of anilines is 2. The monoisotopic (exact) mass is 531 g/mol. The third kappa shape index (κ3) is 6.42. The largest absolute Gasteiger partial charge is 0.476 e. The molecule has 0 fully saturated rings. The topological polar surface area (TPSA) is 115 Å². The summed E-state index contributed by atoms with van der Waals surface area (Å²) in [6.45, 7) is 2.10. The maximum Gasteiger partial charge on any atom is 0.214 e. The van der Waals surface area contributed by atoms with Gasteiger partial charge in [0.1, 0.15) is 28.6 Å². The zero-order valence-electron chi connectivity index (χ0n) is 21.3. The van der Waals surface area contributed by atoms with E-state index in [1.54, 1.807) is 6.20 Å². The van der Waals surface area contributed by atoms with Crippen LogP contribution in [0, 0.1) is 0 Å². The van der Waals surface area contributed by atoms with Gasteiger partial charge in [0.15, 0.2) is 0 Å². The quantitative estimate of drug-likeness (QED) is 0.273. The number of nitrogens with zero attached hydrogens (tertiary/aromatic N) is 6. The van der Waals surface area contributed by atoms with Gasteiger partial charge in [-0.25, -0.2) is 23.4 Å². The summed E-state index contributed by atoms with van der Waals surface area (Å²) in [5.41, 5.74) is 3.81. The average molecular weight is 532 g/mol. The molecule has 0 bridgehead atoms. The molecule has 5 rings (SSSR count). The molecule has 5 aromatic rings. The number of fused-ring (bicyclic) bond motifs is 2. The highest BCUT2D eigenvalue weighted by atomic mass is 32.2. The first kappa shape index (κ1) is 25.6. The van der Waals surface area contributed by atoms with Crippen LogP contribution in [0.5, 0.6) is 5.88 Å². The predicted molar refractivity (Wildman–Crippen MR) is 149 cm³/mol. The molecule has 0 aliphatic carbocycles. The van der Waals surface area contributed by atoms with Gasteiger partial charge < -0.3 is 15.0 Å². The first-order valence-corrected chi connectivity index (χ1v) is 14.3. The molecule has 0 spiro atoms. The van der Waals surface area contributed by atoms with Crippen LogP contribution in [0.4, 0.5) is 11.5 Å². The molecule has 196 valence electrons. The highest BCUT2D eigenvalue weighted by Crippen LogP contribution is 2.27. The molecule has 2 aromatic carbocycles. The van der Waals surface area contributed by atoms with Crippen molar-refractivity contribution >= 4 is 43.1 Å². The average Bonchev–Trinajstić information content (AvgIpc) is 3.30. The van der Waals surface area contributed by atoms with Gasteiger partial charge in [-0.1, -0.05) is 30.3 Å². The Bertz CT molecular complexity index is 1660. The van der Waals surface area contributed by atoms with Crippen LogP contribution in [0.25, 0.3) is 21.8 Å². The molecule has 11 heteroatoms. The normalized spacial score (nSPS) is 11.9. The molecule has 3 aromatic heterocycles. The van der Waals surface area contributed by atoms with Crippen LogP contribution in [0.2, 0.25) is 0 Å². The van der Waals surface area contributed by atoms with E-state index in [2.05, 4.69) is 37.5 Å². The van der Waals surface area contributed by atoms with Crippen molar-refractivity contribution in [2.75, 3.05) is 44.1 Å². The molecule has 0 saturated carbocycles. The summed E-state index contributed by atoms with van der Waals surface area (Å²) in [6, 6.07) is 18.2. The van der Waals surface area contributed by atoms with Gasteiger partial charge in [0.25, 0.3) is 0 Å². The molecule has 0 aliphatic heterocycles. The summed E-state index contributed by atoms with van der Waals surface area (Å²) in [7, 11) is -1.13. The minimum Gasteiger partial charge on any atom is -0.476 e. The predicted octanol–water partition coefficient (Wildman–Crippen LogP) is 3.52. The zero-order valence-corrected chi connectivity index (χ0v) is 22.1. The van der Waals surface area contributed by atoms with Crippen molar-refractivity contribution in [3.05, 3.63) is 78.9 Å². The summed E-state index contributed by atoms with van der Waals surface area (Å²) in [6.07, 6.45) is 6.26. The number of likely N-dealkylation sites (N-methyl/N-ethyl adjacent to an activating group) is 1. The summed E-state index contributed by atoms with van der Waals surface area (Å²) in [4.78, 5) is 15.0. The van der Waals surface area contributed by atoms with Gasteiger partial charge in [-0.15, -0.1) is 0 Å². The Morgan fingerprint density at radius 3 is 2.66 bits per heavy atom. The lowest BCUT2D eigenvalue weighted by molar-refractivity contribution is 0.238. The van der Waals surface area contributed by atoms with Gasteiger partial charge in [-0.05, 0) is 30.8 Å². The molecule has 3 heterocycles. The highest BCUT2D eigenvalue weighted by molar-refractivity contribution is 7.90. The Labute approximate surface area is 221 Å². The van der Waals surface area contributed by atoms with Crippen LogP contribution in [-0.2, 0) is 16.4 Å². The number of ether oxygens (including phenoxy) is 1. The zero-order chi connectivity index (χ0) is 26.5. The molecule has 0 aliphatic rings. The summed E-state index contributed by atoms with van der Waals surface area (Å²) < 4.78 is 30.5. The third-order valence-corrected chi connectivity index (χ3v) is 7.07. The number of nitrogens with one attached hydrogen (secondary N) is 1. The molecular weight excluding hydrogens is 502 g/mol. The Hall–Kier alpha value is -4.09. The molecule has 1 N–H and O–H groups in total. The van der Waals surface area contributed by atoms with Gasteiger partial charge >= 0.3 is 0 Å². The Balaban J connectivity index is 1.28. The minimum atomic E-state index is -3.00. The maximum absolute atomic E-state index is 11.4. The second kappa shape index (κ2) is 11.1. The van der Waals surface area contributed by atoms with Gasteiger partial charge in [0, 0.05) is 41.9 Å². The fourth-order valence-corrected chi connectivity index (χ4v) is 4.69. The molecule has 0 amide bonds. The fourth-order valence-electron chi connectivity index (χ4n) is 4.04.